The summed E-state index contributed by atoms with van der Waals surface area (Å²) >= 11 is 11.1. The van der Waals surface area contributed by atoms with Gasteiger partial charge in [-0.15, -0.1) is 0 Å². The summed E-state index contributed by atoms with van der Waals surface area (Å²) in [6, 6.07) is 3.33. The van der Waals surface area contributed by atoms with Gasteiger partial charge in [0.2, 0.25) is 0 Å². The normalized spacial score (nSPS) is 10.7. The van der Waals surface area contributed by atoms with Crippen LogP contribution in [0.1, 0.15) is 10.4 Å². The first-order valence-corrected chi connectivity index (χ1v) is 5.29. The molecule has 16 heavy (non-hydrogen) atoms. The molecule has 1 N–H and O–H groups in total. The molecule has 2 aromatic rings. The minimum Gasteiger partial charge on any atom is -0.465 e. The predicted octanol–water partition coefficient (Wildman–Crippen LogP) is 2.68. The van der Waals surface area contributed by atoms with Gasteiger partial charge in [0, 0.05) is 7.05 Å². The third-order valence-corrected chi connectivity index (χ3v) is 3.09. The molecule has 6 heteroatoms. The smallest absolute Gasteiger partial charge is 0.339 e. The van der Waals surface area contributed by atoms with Crippen LogP contribution >= 0.6 is 23.8 Å². The molecule has 0 spiro atoms. The first kappa shape index (κ1) is 11.2. The molecule has 0 amide bonds. The number of hydrogen-bond donors (Lipinski definition) is 1. The number of aromatic amines is 1. The van der Waals surface area contributed by atoms with Crippen LogP contribution in [0.4, 0.5) is 0 Å². The fourth-order valence-electron chi connectivity index (χ4n) is 1.52. The summed E-state index contributed by atoms with van der Waals surface area (Å²) in [5.41, 5.74) is 1.94. The second-order valence-electron chi connectivity index (χ2n) is 3.33. The molecule has 4 nitrogen and oxygen atoms in total. The van der Waals surface area contributed by atoms with Crippen molar-refractivity contribution in [1.29, 1.82) is 0 Å². The lowest BCUT2D eigenvalue weighted by molar-refractivity contribution is 0.0601. The number of aromatic nitrogens is 2. The van der Waals surface area contributed by atoms with E-state index in [0.717, 1.165) is 11.0 Å². The number of aryl methyl sites for hydroxylation is 1. The molecule has 0 aliphatic rings. The van der Waals surface area contributed by atoms with Crippen LogP contribution in [-0.2, 0) is 11.8 Å². The van der Waals surface area contributed by atoms with Crippen LogP contribution in [0.15, 0.2) is 12.1 Å². The molecule has 0 radical (unpaired) electrons. The Balaban J connectivity index is 2.77. The third-order valence-electron chi connectivity index (χ3n) is 2.40. The van der Waals surface area contributed by atoms with Crippen LogP contribution in [0.25, 0.3) is 11.0 Å². The van der Waals surface area contributed by atoms with Crippen molar-refractivity contribution in [3.8, 4) is 0 Å². The van der Waals surface area contributed by atoms with E-state index in [1.807, 2.05) is 7.05 Å². The minimum absolute atomic E-state index is 0.327. The van der Waals surface area contributed by atoms with Crippen LogP contribution in [-0.4, -0.2) is 22.6 Å². The van der Waals surface area contributed by atoms with E-state index in [2.05, 4.69) is 9.72 Å². The van der Waals surface area contributed by atoms with Crippen molar-refractivity contribution in [3.05, 3.63) is 27.5 Å². The van der Waals surface area contributed by atoms with Crippen molar-refractivity contribution in [2.45, 2.75) is 0 Å². The number of fused-ring (bicyclic) bond motifs is 1. The molecule has 0 saturated heterocycles. The lowest BCUT2D eigenvalue weighted by Gasteiger charge is -2.02. The van der Waals surface area contributed by atoms with Gasteiger partial charge in [-0.05, 0) is 24.4 Å². The zero-order chi connectivity index (χ0) is 11.9. The number of halogens is 1. The lowest BCUT2D eigenvalue weighted by Crippen LogP contribution is -2.02. The third kappa shape index (κ3) is 1.62. The molecule has 0 unspecified atom stereocenters. The van der Waals surface area contributed by atoms with Gasteiger partial charge in [-0.25, -0.2) is 4.79 Å². The Morgan fingerprint density at radius 3 is 2.88 bits per heavy atom. The van der Waals surface area contributed by atoms with Crippen molar-refractivity contribution >= 4 is 40.8 Å². The SMILES string of the molecule is COC(=O)c1cc2[nH]c(=S)n(C)c2cc1Cl. The summed E-state index contributed by atoms with van der Waals surface area (Å²) in [5, 5.41) is 0.351. The highest BCUT2D eigenvalue weighted by molar-refractivity contribution is 7.71. The van der Waals surface area contributed by atoms with Gasteiger partial charge in [0.05, 0.1) is 28.7 Å². The maximum Gasteiger partial charge on any atom is 0.339 e. The van der Waals surface area contributed by atoms with Gasteiger partial charge < -0.3 is 14.3 Å². The number of imidazole rings is 1. The second kappa shape index (κ2) is 3.92. The first-order valence-electron chi connectivity index (χ1n) is 4.51. The summed E-state index contributed by atoms with van der Waals surface area (Å²) in [6.07, 6.45) is 0. The highest BCUT2D eigenvalue weighted by atomic mass is 35.5. The summed E-state index contributed by atoms with van der Waals surface area (Å²) in [6.45, 7) is 0. The van der Waals surface area contributed by atoms with E-state index in [1.54, 1.807) is 16.7 Å². The van der Waals surface area contributed by atoms with Crippen LogP contribution in [0.3, 0.4) is 0 Å². The average molecular weight is 257 g/mol. The monoisotopic (exact) mass is 256 g/mol. The summed E-state index contributed by atoms with van der Waals surface area (Å²) in [5.74, 6) is -0.463. The fourth-order valence-corrected chi connectivity index (χ4v) is 1.96. The standard InChI is InChI=1S/C10H9ClN2O2S/c1-13-8-4-6(11)5(9(14)15-2)3-7(8)12-10(13)16/h3-4H,1-2H3,(H,12,16). The van der Waals surface area contributed by atoms with Crippen LogP contribution < -0.4 is 0 Å². The molecule has 0 atom stereocenters. The number of ether oxygens (including phenoxy) is 1. The summed E-state index contributed by atoms with van der Waals surface area (Å²) in [7, 11) is 3.14. The molecule has 0 saturated carbocycles. The number of rotatable bonds is 1. The van der Waals surface area contributed by atoms with Gasteiger partial charge in [0.15, 0.2) is 4.77 Å². The number of esters is 1. The van der Waals surface area contributed by atoms with E-state index in [4.69, 9.17) is 23.8 Å². The van der Waals surface area contributed by atoms with Gasteiger partial charge in [0.25, 0.3) is 0 Å². The Hall–Kier alpha value is -1.33. The van der Waals surface area contributed by atoms with E-state index in [-0.39, 0.29) is 0 Å². The Bertz CT molecular complexity index is 630. The zero-order valence-corrected chi connectivity index (χ0v) is 10.3. The topological polar surface area (TPSA) is 47.0 Å². The van der Waals surface area contributed by atoms with Crippen molar-refractivity contribution in [2.75, 3.05) is 7.11 Å². The van der Waals surface area contributed by atoms with Gasteiger partial charge >= 0.3 is 5.97 Å². The quantitative estimate of drug-likeness (QED) is 0.630. The Kier molecular flexibility index (Phi) is 2.73. The summed E-state index contributed by atoms with van der Waals surface area (Å²) in [4.78, 5) is 14.4. The molecule has 2 rings (SSSR count). The molecule has 0 bridgehead atoms. The van der Waals surface area contributed by atoms with Crippen LogP contribution in [0.2, 0.25) is 5.02 Å². The molecule has 1 heterocycles. The number of hydrogen-bond acceptors (Lipinski definition) is 3. The van der Waals surface area contributed by atoms with Gasteiger partial charge in [-0.2, -0.15) is 0 Å². The van der Waals surface area contributed by atoms with E-state index < -0.39 is 5.97 Å². The molecular formula is C10H9ClN2O2S. The minimum atomic E-state index is -0.463. The molecule has 0 aliphatic heterocycles. The number of benzene rings is 1. The van der Waals surface area contributed by atoms with E-state index in [0.29, 0.717) is 15.4 Å². The second-order valence-corrected chi connectivity index (χ2v) is 4.12. The van der Waals surface area contributed by atoms with Gasteiger partial charge in [-0.1, -0.05) is 11.6 Å². The number of nitrogens with one attached hydrogen (secondary N) is 1. The Morgan fingerprint density at radius 2 is 2.25 bits per heavy atom. The van der Waals surface area contributed by atoms with Gasteiger partial charge in [-0.3, -0.25) is 0 Å². The van der Waals surface area contributed by atoms with Crippen molar-refractivity contribution < 1.29 is 9.53 Å². The number of nitrogens with zero attached hydrogens (tertiary/aromatic N) is 1. The first-order chi connectivity index (χ1) is 7.54. The molecular weight excluding hydrogens is 248 g/mol. The molecule has 0 fully saturated rings. The number of H-pyrrole nitrogens is 1. The summed E-state index contributed by atoms with van der Waals surface area (Å²) < 4.78 is 7.00. The highest BCUT2D eigenvalue weighted by Crippen LogP contribution is 2.24. The average Bonchev–Trinajstić information content (AvgIpc) is 2.53. The maximum absolute atomic E-state index is 11.4. The molecule has 1 aromatic carbocycles. The zero-order valence-electron chi connectivity index (χ0n) is 8.70. The van der Waals surface area contributed by atoms with Crippen molar-refractivity contribution in [1.82, 2.24) is 9.55 Å². The highest BCUT2D eigenvalue weighted by Gasteiger charge is 2.13. The fraction of sp³-hybridized carbons (Fsp3) is 0.200. The Labute approximate surface area is 102 Å². The van der Waals surface area contributed by atoms with E-state index in [1.165, 1.54) is 7.11 Å². The van der Waals surface area contributed by atoms with E-state index >= 15 is 0 Å². The van der Waals surface area contributed by atoms with Crippen molar-refractivity contribution in [3.63, 3.8) is 0 Å². The Morgan fingerprint density at radius 1 is 1.56 bits per heavy atom. The lowest BCUT2D eigenvalue weighted by atomic mass is 10.2. The maximum atomic E-state index is 11.4. The number of carbonyl (C=O) groups is 1. The van der Waals surface area contributed by atoms with E-state index in [9.17, 15) is 4.79 Å². The molecule has 1 aromatic heterocycles. The molecule has 84 valence electrons. The van der Waals surface area contributed by atoms with Crippen molar-refractivity contribution in [2.24, 2.45) is 7.05 Å². The number of carbonyl (C=O) groups excluding carboxylic acids is 1. The van der Waals surface area contributed by atoms with Gasteiger partial charge in [0.1, 0.15) is 0 Å². The van der Waals surface area contributed by atoms with Crippen LogP contribution in [0.5, 0.6) is 0 Å². The number of methoxy groups -OCH3 is 1. The van der Waals surface area contributed by atoms with Crippen LogP contribution in [0, 0.1) is 4.77 Å². The molecule has 0 aliphatic carbocycles. The largest absolute Gasteiger partial charge is 0.465 e. The predicted molar refractivity (Wildman–Crippen MR) is 64.5 cm³/mol.